The van der Waals surface area contributed by atoms with E-state index in [2.05, 4.69) is 15.4 Å². The van der Waals surface area contributed by atoms with Crippen LogP contribution in [0.3, 0.4) is 0 Å². The summed E-state index contributed by atoms with van der Waals surface area (Å²) in [6.07, 6.45) is 5.31. The molecule has 0 radical (unpaired) electrons. The third-order valence-corrected chi connectivity index (χ3v) is 7.52. The van der Waals surface area contributed by atoms with Gasteiger partial charge in [0.05, 0.1) is 11.4 Å². The summed E-state index contributed by atoms with van der Waals surface area (Å²) in [6, 6.07) is 6.57. The van der Waals surface area contributed by atoms with Gasteiger partial charge in [0.2, 0.25) is 0 Å². The predicted octanol–water partition coefficient (Wildman–Crippen LogP) is 4.96. The van der Waals surface area contributed by atoms with Gasteiger partial charge in [-0.3, -0.25) is 4.72 Å². The van der Waals surface area contributed by atoms with Crippen LogP contribution in [0.25, 0.3) is 0 Å². The predicted molar refractivity (Wildman–Crippen MR) is 129 cm³/mol. The quantitative estimate of drug-likeness (QED) is 0.274. The van der Waals surface area contributed by atoms with Gasteiger partial charge in [-0.1, -0.05) is 12.8 Å². The summed E-state index contributed by atoms with van der Waals surface area (Å²) in [5, 5.41) is 5.89. The zero-order chi connectivity index (χ0) is 23.3. The molecule has 0 heterocycles. The number of hydrogen-bond acceptors (Lipinski definition) is 4. The topological polar surface area (TPSA) is 73.5 Å². The van der Waals surface area contributed by atoms with Gasteiger partial charge >= 0.3 is 10.2 Å². The first-order chi connectivity index (χ1) is 15.2. The van der Waals surface area contributed by atoms with Crippen molar-refractivity contribution in [3.63, 3.8) is 0 Å². The van der Waals surface area contributed by atoms with Crippen LogP contribution < -0.4 is 15.4 Å². The number of halogens is 4. The molecule has 0 saturated heterocycles. The molecule has 176 valence electrons. The van der Waals surface area contributed by atoms with Crippen LogP contribution in [-0.4, -0.2) is 38.9 Å². The van der Waals surface area contributed by atoms with Crippen molar-refractivity contribution < 1.29 is 21.6 Å². The molecule has 6 nitrogen and oxygen atoms in total. The molecule has 3 rings (SSSR count). The van der Waals surface area contributed by atoms with E-state index in [1.165, 1.54) is 32.0 Å². The van der Waals surface area contributed by atoms with Gasteiger partial charge in [-0.2, -0.15) is 12.7 Å². The molecule has 0 atom stereocenters. The second kappa shape index (κ2) is 11.0. The van der Waals surface area contributed by atoms with Gasteiger partial charge in [-0.05, 0) is 78.7 Å². The van der Waals surface area contributed by atoms with E-state index in [1.54, 1.807) is 6.07 Å². The molecule has 3 N–H and O–H groups in total. The minimum atomic E-state index is -4.04. The molecule has 1 fully saturated rings. The van der Waals surface area contributed by atoms with Crippen molar-refractivity contribution in [2.45, 2.75) is 38.1 Å². The van der Waals surface area contributed by atoms with E-state index in [1.807, 2.05) is 22.6 Å². The lowest BCUT2D eigenvalue weighted by atomic mass is 10.2. The smallest absolute Gasteiger partial charge is 0.301 e. The molecule has 32 heavy (non-hydrogen) atoms. The van der Waals surface area contributed by atoms with Crippen LogP contribution in [0, 0.1) is 21.0 Å². The molecular formula is C21H26F3IN4O2S. The number of anilines is 3. The summed E-state index contributed by atoms with van der Waals surface area (Å²) >= 11 is 1.92. The van der Waals surface area contributed by atoms with E-state index in [0.29, 0.717) is 22.6 Å². The van der Waals surface area contributed by atoms with Gasteiger partial charge < -0.3 is 10.6 Å². The molecule has 0 aliphatic heterocycles. The van der Waals surface area contributed by atoms with Crippen molar-refractivity contribution in [1.82, 2.24) is 9.62 Å². The Balaban J connectivity index is 1.70. The van der Waals surface area contributed by atoms with Gasteiger partial charge in [0, 0.05) is 23.2 Å². The van der Waals surface area contributed by atoms with Gasteiger partial charge in [0.15, 0.2) is 11.6 Å². The molecule has 0 spiro atoms. The lowest BCUT2D eigenvalue weighted by Crippen LogP contribution is -2.35. The van der Waals surface area contributed by atoms with Crippen LogP contribution in [0.1, 0.15) is 32.1 Å². The van der Waals surface area contributed by atoms with Crippen molar-refractivity contribution in [3.8, 4) is 0 Å². The molecule has 1 saturated carbocycles. The fourth-order valence-corrected chi connectivity index (χ4v) is 4.98. The summed E-state index contributed by atoms with van der Waals surface area (Å²) in [4.78, 5) is 0. The Hall–Kier alpha value is -1.57. The Morgan fingerprint density at radius 1 is 1.06 bits per heavy atom. The molecular weight excluding hydrogens is 556 g/mol. The lowest BCUT2D eigenvalue weighted by molar-refractivity contribution is 0.442. The molecule has 1 aliphatic rings. The molecule has 11 heteroatoms. The maximum Gasteiger partial charge on any atom is 0.301 e. The first-order valence-corrected chi connectivity index (χ1v) is 12.9. The van der Waals surface area contributed by atoms with Crippen LogP contribution in [0.2, 0.25) is 0 Å². The highest BCUT2D eigenvalue weighted by molar-refractivity contribution is 14.1. The number of nitrogens with zero attached hydrogens (tertiary/aromatic N) is 1. The number of nitrogens with one attached hydrogen (secondary N) is 3. The van der Waals surface area contributed by atoms with E-state index in [4.69, 9.17) is 0 Å². The number of benzene rings is 2. The second-order valence-corrected chi connectivity index (χ2v) is 10.8. The van der Waals surface area contributed by atoms with Crippen LogP contribution >= 0.6 is 22.6 Å². The zero-order valence-electron chi connectivity index (χ0n) is 17.6. The Bertz CT molecular complexity index is 1050. The summed E-state index contributed by atoms with van der Waals surface area (Å²) in [6.45, 7) is 0.932. The standard InChI is InChI=1S/C21H26F3IN4O2S/c1-29(12-4-11-26-15-5-2-3-6-15)32(30,31)28-19-10-8-16(22)20(24)21(19)27-18-9-7-14(25)13-17(18)23/h7-10,13,15,26-28H,2-6,11-12H2,1H3. The van der Waals surface area contributed by atoms with Crippen molar-refractivity contribution in [3.05, 3.63) is 51.4 Å². The summed E-state index contributed by atoms with van der Waals surface area (Å²) in [5.41, 5.74) is -0.829. The van der Waals surface area contributed by atoms with E-state index < -0.39 is 33.3 Å². The molecule has 2 aromatic rings. The van der Waals surface area contributed by atoms with Crippen LogP contribution in [0.4, 0.5) is 30.2 Å². The highest BCUT2D eigenvalue weighted by Crippen LogP contribution is 2.32. The maximum absolute atomic E-state index is 14.5. The van der Waals surface area contributed by atoms with Gasteiger partial charge in [0.1, 0.15) is 11.5 Å². The van der Waals surface area contributed by atoms with Crippen molar-refractivity contribution in [1.29, 1.82) is 0 Å². The van der Waals surface area contributed by atoms with Crippen LogP contribution in [0.5, 0.6) is 0 Å². The third-order valence-electron chi connectivity index (χ3n) is 5.37. The first-order valence-electron chi connectivity index (χ1n) is 10.3. The van der Waals surface area contributed by atoms with E-state index >= 15 is 0 Å². The summed E-state index contributed by atoms with van der Waals surface area (Å²) in [7, 11) is -2.64. The molecule has 0 aromatic heterocycles. The van der Waals surface area contributed by atoms with Gasteiger partial charge in [0.25, 0.3) is 0 Å². The van der Waals surface area contributed by atoms with Gasteiger partial charge in [-0.25, -0.2) is 13.2 Å². The first kappa shape index (κ1) is 25.1. The molecule has 2 aromatic carbocycles. The van der Waals surface area contributed by atoms with Gasteiger partial charge in [-0.15, -0.1) is 0 Å². The van der Waals surface area contributed by atoms with E-state index in [-0.39, 0.29) is 17.9 Å². The Morgan fingerprint density at radius 2 is 1.75 bits per heavy atom. The summed E-state index contributed by atoms with van der Waals surface area (Å²) in [5.74, 6) is -3.18. The van der Waals surface area contributed by atoms with E-state index in [0.717, 1.165) is 29.3 Å². The fourth-order valence-electron chi connectivity index (χ4n) is 3.56. The molecule has 0 amide bonds. The van der Waals surface area contributed by atoms with Crippen LogP contribution in [-0.2, 0) is 10.2 Å². The lowest BCUT2D eigenvalue weighted by Gasteiger charge is -2.21. The summed E-state index contributed by atoms with van der Waals surface area (Å²) < 4.78 is 72.1. The number of hydrogen-bond donors (Lipinski definition) is 3. The number of rotatable bonds is 10. The average Bonchev–Trinajstić information content (AvgIpc) is 3.25. The minimum Gasteiger partial charge on any atom is -0.349 e. The SMILES string of the molecule is CN(CCCNC1CCCC1)S(=O)(=O)Nc1ccc(F)c(F)c1Nc1ccc(I)cc1F. The van der Waals surface area contributed by atoms with Crippen molar-refractivity contribution >= 4 is 49.9 Å². The normalized spacial score (nSPS) is 14.8. The maximum atomic E-state index is 14.5. The largest absolute Gasteiger partial charge is 0.349 e. The highest BCUT2D eigenvalue weighted by atomic mass is 127. The van der Waals surface area contributed by atoms with Crippen LogP contribution in [0.15, 0.2) is 30.3 Å². The average molecular weight is 582 g/mol. The van der Waals surface area contributed by atoms with Crippen molar-refractivity contribution in [2.24, 2.45) is 0 Å². The zero-order valence-corrected chi connectivity index (χ0v) is 20.6. The molecule has 1 aliphatic carbocycles. The van der Waals surface area contributed by atoms with Crippen molar-refractivity contribution in [2.75, 3.05) is 30.2 Å². The minimum absolute atomic E-state index is 0.110. The Morgan fingerprint density at radius 3 is 2.44 bits per heavy atom. The third kappa shape index (κ3) is 6.49. The Labute approximate surface area is 200 Å². The molecule has 0 bridgehead atoms. The molecule has 0 unspecified atom stereocenters. The highest BCUT2D eigenvalue weighted by Gasteiger charge is 2.23. The second-order valence-electron chi connectivity index (χ2n) is 7.75. The monoisotopic (exact) mass is 582 g/mol. The fraction of sp³-hybridized carbons (Fsp3) is 0.429. The van der Waals surface area contributed by atoms with E-state index in [9.17, 15) is 21.6 Å². The Kier molecular flexibility index (Phi) is 8.64.